The quantitative estimate of drug-likeness (QED) is 0.671. The van der Waals surface area contributed by atoms with Crippen LogP contribution in [0.25, 0.3) is 6.08 Å². The molecule has 1 fully saturated rings. The van der Waals surface area contributed by atoms with Crippen LogP contribution in [0, 0.1) is 25.2 Å². The first-order valence-electron chi connectivity index (χ1n) is 9.10. The maximum absolute atomic E-state index is 12.4. The molecule has 0 saturated heterocycles. The summed E-state index contributed by atoms with van der Waals surface area (Å²) in [6, 6.07) is 4.62. The molecule has 26 heavy (non-hydrogen) atoms. The van der Waals surface area contributed by atoms with Crippen LogP contribution < -0.4 is 5.32 Å². The van der Waals surface area contributed by atoms with E-state index in [1.807, 2.05) is 6.07 Å². The van der Waals surface area contributed by atoms with E-state index in [-0.39, 0.29) is 5.57 Å². The van der Waals surface area contributed by atoms with Gasteiger partial charge in [-0.2, -0.15) is 10.4 Å². The summed E-state index contributed by atoms with van der Waals surface area (Å²) in [5.41, 5.74) is 3.91. The van der Waals surface area contributed by atoms with Gasteiger partial charge in [-0.3, -0.25) is 9.48 Å². The number of nitriles is 1. The molecular weight excluding hydrogens is 326 g/mol. The molecule has 0 bridgehead atoms. The number of carbonyl (C=O) groups is 1. The Kier molecular flexibility index (Phi) is 5.27. The van der Waals surface area contributed by atoms with Crippen LogP contribution in [0.4, 0.5) is 5.69 Å². The Bertz CT molecular complexity index is 875. The van der Waals surface area contributed by atoms with Crippen LogP contribution in [-0.2, 0) is 11.8 Å². The number of carbonyl (C=O) groups excluding carboxylic acids is 1. The molecule has 0 aliphatic heterocycles. The molecule has 2 aromatic rings. The van der Waals surface area contributed by atoms with Crippen molar-refractivity contribution in [2.75, 3.05) is 5.32 Å². The van der Waals surface area contributed by atoms with Crippen LogP contribution in [0.15, 0.2) is 24.0 Å². The van der Waals surface area contributed by atoms with Crippen molar-refractivity contribution in [2.45, 2.75) is 52.0 Å². The highest BCUT2D eigenvalue weighted by molar-refractivity contribution is 6.09. The van der Waals surface area contributed by atoms with Gasteiger partial charge < -0.3 is 9.88 Å². The fraction of sp³-hybridized carbons (Fsp3) is 0.450. The summed E-state index contributed by atoms with van der Waals surface area (Å²) in [6.07, 6.45) is 11.2. The van der Waals surface area contributed by atoms with Gasteiger partial charge in [0.25, 0.3) is 5.91 Å². The van der Waals surface area contributed by atoms with Crippen molar-refractivity contribution in [1.82, 2.24) is 14.3 Å². The van der Waals surface area contributed by atoms with E-state index < -0.39 is 5.91 Å². The molecule has 0 aromatic carbocycles. The van der Waals surface area contributed by atoms with Crippen molar-refractivity contribution in [3.05, 3.63) is 41.0 Å². The number of aryl methyl sites for hydroxylation is 2. The Hall–Kier alpha value is -2.81. The number of rotatable bonds is 4. The van der Waals surface area contributed by atoms with E-state index in [1.165, 1.54) is 37.8 Å². The maximum atomic E-state index is 12.4. The van der Waals surface area contributed by atoms with Gasteiger partial charge in [0.2, 0.25) is 0 Å². The van der Waals surface area contributed by atoms with Gasteiger partial charge in [-0.15, -0.1) is 0 Å². The minimum Gasteiger partial charge on any atom is -0.346 e. The number of hydrogen-bond acceptors (Lipinski definition) is 3. The summed E-state index contributed by atoms with van der Waals surface area (Å²) in [5, 5.41) is 16.2. The zero-order valence-electron chi connectivity index (χ0n) is 15.6. The molecule has 0 unspecified atom stereocenters. The van der Waals surface area contributed by atoms with Gasteiger partial charge in [-0.25, -0.2) is 0 Å². The van der Waals surface area contributed by atoms with Crippen LogP contribution in [0.2, 0.25) is 0 Å². The van der Waals surface area contributed by atoms with E-state index >= 15 is 0 Å². The van der Waals surface area contributed by atoms with Crippen molar-refractivity contribution in [2.24, 2.45) is 7.05 Å². The SMILES string of the molecule is Cc1cc(/C=C(\C#N)C(=O)Nc2cnn(C)c2)c(C)n1C1CCCCC1. The summed E-state index contributed by atoms with van der Waals surface area (Å²) >= 11 is 0. The van der Waals surface area contributed by atoms with Crippen LogP contribution >= 0.6 is 0 Å². The lowest BCUT2D eigenvalue weighted by Gasteiger charge is -2.26. The lowest BCUT2D eigenvalue weighted by atomic mass is 9.95. The number of hydrogen-bond donors (Lipinski definition) is 1. The molecule has 3 rings (SSSR count). The molecule has 1 saturated carbocycles. The first-order valence-corrected chi connectivity index (χ1v) is 9.10. The van der Waals surface area contributed by atoms with E-state index in [4.69, 9.17) is 0 Å². The summed E-state index contributed by atoms with van der Waals surface area (Å²) < 4.78 is 3.97. The summed E-state index contributed by atoms with van der Waals surface area (Å²) in [6.45, 7) is 4.17. The lowest BCUT2D eigenvalue weighted by Crippen LogP contribution is -2.15. The summed E-state index contributed by atoms with van der Waals surface area (Å²) in [5.74, 6) is -0.414. The Morgan fingerprint density at radius 2 is 2.08 bits per heavy atom. The number of anilines is 1. The van der Waals surface area contributed by atoms with Gasteiger partial charge in [-0.1, -0.05) is 19.3 Å². The van der Waals surface area contributed by atoms with Crippen molar-refractivity contribution in [3.63, 3.8) is 0 Å². The highest BCUT2D eigenvalue weighted by atomic mass is 16.1. The van der Waals surface area contributed by atoms with E-state index in [0.717, 1.165) is 11.3 Å². The smallest absolute Gasteiger partial charge is 0.266 e. The Morgan fingerprint density at radius 1 is 1.35 bits per heavy atom. The molecule has 136 valence electrons. The van der Waals surface area contributed by atoms with Gasteiger partial charge in [0, 0.05) is 30.7 Å². The van der Waals surface area contributed by atoms with Crippen molar-refractivity contribution < 1.29 is 4.79 Å². The van der Waals surface area contributed by atoms with Crippen LogP contribution in [0.3, 0.4) is 0 Å². The number of nitrogens with zero attached hydrogens (tertiary/aromatic N) is 4. The minimum absolute atomic E-state index is 0.0951. The van der Waals surface area contributed by atoms with E-state index in [1.54, 1.807) is 30.2 Å². The second-order valence-corrected chi connectivity index (χ2v) is 7.01. The predicted octanol–water partition coefficient (Wildman–Crippen LogP) is 3.89. The van der Waals surface area contributed by atoms with Crippen LogP contribution in [-0.4, -0.2) is 20.3 Å². The van der Waals surface area contributed by atoms with Crippen molar-refractivity contribution in [1.29, 1.82) is 5.26 Å². The predicted molar refractivity (Wildman–Crippen MR) is 101 cm³/mol. The van der Waals surface area contributed by atoms with E-state index in [0.29, 0.717) is 11.7 Å². The van der Waals surface area contributed by atoms with Crippen molar-refractivity contribution >= 4 is 17.7 Å². The maximum Gasteiger partial charge on any atom is 0.266 e. The second-order valence-electron chi connectivity index (χ2n) is 7.01. The number of nitrogens with one attached hydrogen (secondary N) is 1. The second kappa shape index (κ2) is 7.61. The monoisotopic (exact) mass is 351 g/mol. The molecule has 1 amide bonds. The fourth-order valence-corrected chi connectivity index (χ4v) is 3.84. The van der Waals surface area contributed by atoms with Gasteiger partial charge in [0.15, 0.2) is 0 Å². The zero-order chi connectivity index (χ0) is 18.7. The Morgan fingerprint density at radius 3 is 2.69 bits per heavy atom. The molecule has 1 aliphatic rings. The van der Waals surface area contributed by atoms with Gasteiger partial charge in [0.05, 0.1) is 11.9 Å². The first-order chi connectivity index (χ1) is 12.5. The average Bonchev–Trinajstić information content (AvgIpc) is 3.15. The fourth-order valence-electron chi connectivity index (χ4n) is 3.84. The first kappa shape index (κ1) is 18.0. The summed E-state index contributed by atoms with van der Waals surface area (Å²) in [4.78, 5) is 12.4. The highest BCUT2D eigenvalue weighted by Crippen LogP contribution is 2.32. The molecule has 2 aromatic heterocycles. The Balaban J connectivity index is 1.85. The van der Waals surface area contributed by atoms with Gasteiger partial charge in [-0.05, 0) is 44.4 Å². The molecule has 2 heterocycles. The summed E-state index contributed by atoms with van der Waals surface area (Å²) in [7, 11) is 1.77. The molecule has 0 atom stereocenters. The molecular formula is C20H25N5O. The normalized spacial score (nSPS) is 15.7. The number of aromatic nitrogens is 3. The third-order valence-electron chi connectivity index (χ3n) is 5.09. The molecule has 0 spiro atoms. The molecule has 0 radical (unpaired) electrons. The third kappa shape index (κ3) is 3.72. The van der Waals surface area contributed by atoms with E-state index in [9.17, 15) is 10.1 Å². The Labute approximate surface area is 154 Å². The highest BCUT2D eigenvalue weighted by Gasteiger charge is 2.20. The molecule has 1 aliphatic carbocycles. The topological polar surface area (TPSA) is 75.6 Å². The average molecular weight is 351 g/mol. The minimum atomic E-state index is -0.414. The third-order valence-corrected chi connectivity index (χ3v) is 5.09. The van der Waals surface area contributed by atoms with Crippen LogP contribution in [0.5, 0.6) is 0 Å². The van der Waals surface area contributed by atoms with Crippen molar-refractivity contribution in [3.8, 4) is 6.07 Å². The molecule has 1 N–H and O–H groups in total. The van der Waals surface area contributed by atoms with E-state index in [2.05, 4.69) is 34.9 Å². The largest absolute Gasteiger partial charge is 0.346 e. The van der Waals surface area contributed by atoms with Gasteiger partial charge in [0.1, 0.15) is 11.6 Å². The molecule has 6 nitrogen and oxygen atoms in total. The lowest BCUT2D eigenvalue weighted by molar-refractivity contribution is -0.112. The zero-order valence-corrected chi connectivity index (χ0v) is 15.6. The number of amides is 1. The standard InChI is InChI=1S/C20H25N5O/c1-14-9-16(15(2)25(14)19-7-5-4-6-8-19)10-17(11-21)20(26)23-18-12-22-24(3)13-18/h9-10,12-13,19H,4-8H2,1-3H3,(H,23,26)/b17-10+. The molecule has 6 heteroatoms. The van der Waals surface area contributed by atoms with Crippen LogP contribution in [0.1, 0.15) is 55.1 Å². The van der Waals surface area contributed by atoms with Gasteiger partial charge >= 0.3 is 0 Å².